The van der Waals surface area contributed by atoms with Crippen LogP contribution in [-0.4, -0.2) is 29.9 Å². The number of aliphatic hydroxyl groups excluding tert-OH is 2. The highest BCUT2D eigenvalue weighted by atomic mass is 35.5. The van der Waals surface area contributed by atoms with Crippen molar-refractivity contribution in [3.05, 3.63) is 28.8 Å². The second kappa shape index (κ2) is 5.71. The Kier molecular flexibility index (Phi) is 4.26. The first kappa shape index (κ1) is 12.7. The molecule has 0 aromatic heterocycles. The number of piperidine rings is 1. The second-order valence-corrected chi connectivity index (χ2v) is 4.96. The Morgan fingerprint density at radius 1 is 1.24 bits per heavy atom. The molecule has 1 aliphatic heterocycles. The fourth-order valence-corrected chi connectivity index (χ4v) is 2.58. The molecule has 1 aliphatic rings. The van der Waals surface area contributed by atoms with Gasteiger partial charge in [0.15, 0.2) is 0 Å². The van der Waals surface area contributed by atoms with E-state index in [4.69, 9.17) is 21.8 Å². The fourth-order valence-electron chi connectivity index (χ4n) is 2.26. The Morgan fingerprint density at radius 2 is 1.94 bits per heavy atom. The lowest BCUT2D eigenvalue weighted by Crippen LogP contribution is -2.34. The van der Waals surface area contributed by atoms with Crippen LogP contribution in [0.1, 0.15) is 18.4 Å². The summed E-state index contributed by atoms with van der Waals surface area (Å²) in [4.78, 5) is 2.25. The quantitative estimate of drug-likeness (QED) is 0.869. The van der Waals surface area contributed by atoms with Crippen LogP contribution in [0.5, 0.6) is 0 Å². The first-order valence-electron chi connectivity index (χ1n) is 5.99. The molecule has 0 unspecified atom stereocenters. The van der Waals surface area contributed by atoms with E-state index in [1.807, 2.05) is 18.2 Å². The SMILES string of the molecule is OCc1ccc(N2CCC(CO)CC2)c(Cl)c1. The van der Waals surface area contributed by atoms with Crippen LogP contribution >= 0.6 is 11.6 Å². The van der Waals surface area contributed by atoms with E-state index in [1.54, 1.807) is 0 Å². The lowest BCUT2D eigenvalue weighted by atomic mass is 9.97. The number of nitrogens with zero attached hydrogens (tertiary/aromatic N) is 1. The van der Waals surface area contributed by atoms with Gasteiger partial charge in [-0.2, -0.15) is 0 Å². The van der Waals surface area contributed by atoms with Gasteiger partial charge in [0.2, 0.25) is 0 Å². The predicted molar refractivity (Wildman–Crippen MR) is 69.4 cm³/mol. The average molecular weight is 256 g/mol. The minimum atomic E-state index is 0.0204. The van der Waals surface area contributed by atoms with Gasteiger partial charge < -0.3 is 15.1 Å². The van der Waals surface area contributed by atoms with E-state index in [0.717, 1.165) is 37.2 Å². The molecular formula is C13H18ClNO2. The van der Waals surface area contributed by atoms with Crippen LogP contribution in [0.15, 0.2) is 18.2 Å². The summed E-state index contributed by atoms with van der Waals surface area (Å²) in [6.07, 6.45) is 2.02. The zero-order valence-electron chi connectivity index (χ0n) is 9.77. The number of aliphatic hydroxyl groups is 2. The molecule has 0 radical (unpaired) electrons. The molecule has 0 saturated carbocycles. The summed E-state index contributed by atoms with van der Waals surface area (Å²) in [5.74, 6) is 0.432. The van der Waals surface area contributed by atoms with E-state index < -0.39 is 0 Å². The number of hydrogen-bond donors (Lipinski definition) is 2. The van der Waals surface area contributed by atoms with Crippen molar-refractivity contribution in [1.82, 2.24) is 0 Å². The Hall–Kier alpha value is -0.770. The van der Waals surface area contributed by atoms with E-state index in [1.165, 1.54) is 0 Å². The van der Waals surface area contributed by atoms with Crippen LogP contribution in [-0.2, 0) is 6.61 Å². The van der Waals surface area contributed by atoms with Crippen molar-refractivity contribution in [2.24, 2.45) is 5.92 Å². The van der Waals surface area contributed by atoms with Crippen molar-refractivity contribution in [3.8, 4) is 0 Å². The molecule has 2 rings (SSSR count). The Bertz CT molecular complexity index is 376. The molecule has 3 nitrogen and oxygen atoms in total. The number of halogens is 1. The van der Waals surface area contributed by atoms with Crippen molar-refractivity contribution in [1.29, 1.82) is 0 Å². The van der Waals surface area contributed by atoms with Gasteiger partial charge in [0, 0.05) is 19.7 Å². The Labute approximate surface area is 107 Å². The monoisotopic (exact) mass is 255 g/mol. The number of hydrogen-bond acceptors (Lipinski definition) is 3. The molecule has 0 atom stereocenters. The largest absolute Gasteiger partial charge is 0.396 e. The highest BCUT2D eigenvalue weighted by Gasteiger charge is 2.20. The van der Waals surface area contributed by atoms with Gasteiger partial charge in [-0.25, -0.2) is 0 Å². The predicted octanol–water partition coefficient (Wildman–Crippen LogP) is 2.04. The molecule has 0 spiro atoms. The van der Waals surface area contributed by atoms with Crippen LogP contribution in [0.2, 0.25) is 5.02 Å². The molecule has 1 aromatic carbocycles. The van der Waals surface area contributed by atoms with Gasteiger partial charge in [-0.05, 0) is 36.5 Å². The summed E-state index contributed by atoms with van der Waals surface area (Å²) in [6.45, 7) is 2.17. The van der Waals surface area contributed by atoms with Gasteiger partial charge in [0.05, 0.1) is 17.3 Å². The standard InChI is InChI=1S/C13H18ClNO2/c14-12-7-11(9-17)1-2-13(12)15-5-3-10(8-16)4-6-15/h1-2,7,10,16-17H,3-6,8-9H2. The zero-order chi connectivity index (χ0) is 12.3. The van der Waals surface area contributed by atoms with E-state index >= 15 is 0 Å². The maximum absolute atomic E-state index is 9.10. The van der Waals surface area contributed by atoms with Crippen molar-refractivity contribution in [2.45, 2.75) is 19.4 Å². The van der Waals surface area contributed by atoms with E-state index in [2.05, 4.69) is 4.90 Å². The lowest BCUT2D eigenvalue weighted by molar-refractivity contribution is 0.203. The molecule has 1 aromatic rings. The zero-order valence-corrected chi connectivity index (χ0v) is 10.5. The van der Waals surface area contributed by atoms with Gasteiger partial charge >= 0.3 is 0 Å². The van der Waals surface area contributed by atoms with E-state index in [0.29, 0.717) is 10.9 Å². The minimum absolute atomic E-state index is 0.0204. The minimum Gasteiger partial charge on any atom is -0.396 e. The number of anilines is 1. The summed E-state index contributed by atoms with van der Waals surface area (Å²) < 4.78 is 0. The molecule has 4 heteroatoms. The van der Waals surface area contributed by atoms with E-state index in [9.17, 15) is 0 Å². The molecule has 94 valence electrons. The van der Waals surface area contributed by atoms with Crippen molar-refractivity contribution in [2.75, 3.05) is 24.6 Å². The smallest absolute Gasteiger partial charge is 0.0682 e. The summed E-state index contributed by atoms with van der Waals surface area (Å²) >= 11 is 6.21. The first-order valence-corrected chi connectivity index (χ1v) is 6.37. The number of benzene rings is 1. The van der Waals surface area contributed by atoms with Crippen LogP contribution in [0.3, 0.4) is 0 Å². The molecule has 1 saturated heterocycles. The third kappa shape index (κ3) is 2.92. The summed E-state index contributed by atoms with van der Waals surface area (Å²) in [6, 6.07) is 5.68. The summed E-state index contributed by atoms with van der Waals surface area (Å²) in [7, 11) is 0. The molecule has 2 N–H and O–H groups in total. The van der Waals surface area contributed by atoms with Crippen LogP contribution in [0.4, 0.5) is 5.69 Å². The topological polar surface area (TPSA) is 43.7 Å². The highest BCUT2D eigenvalue weighted by molar-refractivity contribution is 6.33. The van der Waals surface area contributed by atoms with Crippen LogP contribution in [0, 0.1) is 5.92 Å². The molecule has 1 fully saturated rings. The van der Waals surface area contributed by atoms with Gasteiger partial charge in [0.1, 0.15) is 0 Å². The molecule has 17 heavy (non-hydrogen) atoms. The average Bonchev–Trinajstić information content (AvgIpc) is 2.39. The summed E-state index contributed by atoms with van der Waals surface area (Å²) in [5.41, 5.74) is 1.87. The van der Waals surface area contributed by atoms with Crippen molar-refractivity contribution < 1.29 is 10.2 Å². The second-order valence-electron chi connectivity index (χ2n) is 4.56. The third-order valence-corrected chi connectivity index (χ3v) is 3.71. The van der Waals surface area contributed by atoms with Crippen LogP contribution < -0.4 is 4.90 Å². The Balaban J connectivity index is 2.08. The third-order valence-electron chi connectivity index (χ3n) is 3.41. The number of rotatable bonds is 3. The first-order chi connectivity index (χ1) is 8.24. The van der Waals surface area contributed by atoms with E-state index in [-0.39, 0.29) is 13.2 Å². The van der Waals surface area contributed by atoms with Crippen molar-refractivity contribution in [3.63, 3.8) is 0 Å². The van der Waals surface area contributed by atoms with Crippen LogP contribution in [0.25, 0.3) is 0 Å². The maximum atomic E-state index is 9.10. The van der Waals surface area contributed by atoms with Crippen molar-refractivity contribution >= 4 is 17.3 Å². The van der Waals surface area contributed by atoms with Gasteiger partial charge in [0.25, 0.3) is 0 Å². The van der Waals surface area contributed by atoms with Gasteiger partial charge in [-0.15, -0.1) is 0 Å². The lowest BCUT2D eigenvalue weighted by Gasteiger charge is -2.33. The van der Waals surface area contributed by atoms with Gasteiger partial charge in [-0.3, -0.25) is 0 Å². The fraction of sp³-hybridized carbons (Fsp3) is 0.538. The summed E-state index contributed by atoms with van der Waals surface area (Å²) in [5, 5.41) is 18.8. The molecule has 0 amide bonds. The molecule has 1 heterocycles. The molecular weight excluding hydrogens is 238 g/mol. The highest BCUT2D eigenvalue weighted by Crippen LogP contribution is 2.30. The normalized spacial score (nSPS) is 17.5. The molecule has 0 bridgehead atoms. The van der Waals surface area contributed by atoms with Gasteiger partial charge in [-0.1, -0.05) is 17.7 Å². The maximum Gasteiger partial charge on any atom is 0.0682 e. The molecule has 0 aliphatic carbocycles. The Morgan fingerprint density at radius 3 is 2.47 bits per heavy atom.